The van der Waals surface area contributed by atoms with E-state index in [4.69, 9.17) is 15.2 Å². The lowest BCUT2D eigenvalue weighted by atomic mass is 9.71. The summed E-state index contributed by atoms with van der Waals surface area (Å²) >= 11 is 0. The molecule has 39 heavy (non-hydrogen) atoms. The maximum Gasteiger partial charge on any atom is 0.407 e. The van der Waals surface area contributed by atoms with Crippen LogP contribution in [0.4, 0.5) is 16.3 Å². The van der Waals surface area contributed by atoms with Crippen LogP contribution in [0.1, 0.15) is 77.8 Å². The van der Waals surface area contributed by atoms with Crippen LogP contribution in [-0.4, -0.2) is 46.9 Å². The normalized spacial score (nSPS) is 23.8. The second-order valence-corrected chi connectivity index (χ2v) is 12.8. The van der Waals surface area contributed by atoms with E-state index in [1.165, 1.54) is 11.9 Å². The summed E-state index contributed by atoms with van der Waals surface area (Å²) in [5, 5.41) is 12.6. The Balaban J connectivity index is 1.41. The monoisotopic (exact) mass is 532 g/mol. The summed E-state index contributed by atoms with van der Waals surface area (Å²) < 4.78 is 12.2. The van der Waals surface area contributed by atoms with E-state index in [2.05, 4.69) is 52.2 Å². The first-order valence-electron chi connectivity index (χ1n) is 14.0. The number of nitrogens with zero attached hydrogens (tertiary/aromatic N) is 4. The first-order valence-corrected chi connectivity index (χ1v) is 14.0. The Morgan fingerprint density at radius 3 is 2.59 bits per heavy atom. The van der Waals surface area contributed by atoms with Gasteiger partial charge < -0.3 is 25.4 Å². The lowest BCUT2D eigenvalue weighted by Crippen LogP contribution is -2.42. The highest BCUT2D eigenvalue weighted by Gasteiger charge is 2.39. The summed E-state index contributed by atoms with van der Waals surface area (Å²) in [6.07, 6.45) is 6.20. The molecule has 2 fully saturated rings. The van der Waals surface area contributed by atoms with Crippen molar-refractivity contribution in [3.63, 3.8) is 0 Å². The van der Waals surface area contributed by atoms with Gasteiger partial charge in [0, 0.05) is 30.3 Å². The van der Waals surface area contributed by atoms with Crippen molar-refractivity contribution in [2.24, 2.45) is 5.92 Å². The molecule has 1 aromatic carbocycles. The highest BCUT2D eigenvalue weighted by molar-refractivity contribution is 5.83. The number of amides is 1. The molecule has 1 amide bonds. The number of benzene rings is 1. The fourth-order valence-electron chi connectivity index (χ4n) is 6.31. The summed E-state index contributed by atoms with van der Waals surface area (Å²) in [6.45, 7) is 11.5. The predicted octanol–water partition coefficient (Wildman–Crippen LogP) is 5.12. The summed E-state index contributed by atoms with van der Waals surface area (Å²) in [7, 11) is 0. The molecule has 1 saturated heterocycles. The second kappa shape index (κ2) is 10.2. The molecule has 1 saturated carbocycles. The zero-order valence-electron chi connectivity index (χ0n) is 23.7. The fraction of sp³-hybridized carbons (Fsp3) is 0.600. The Labute approximate surface area is 231 Å². The number of nitrogens with one attached hydrogen (secondary N) is 1. The van der Waals surface area contributed by atoms with E-state index >= 15 is 0 Å². The molecule has 0 bridgehead atoms. The molecule has 208 valence electrons. The van der Waals surface area contributed by atoms with E-state index in [9.17, 15) is 10.1 Å². The van der Waals surface area contributed by atoms with Gasteiger partial charge in [0.2, 0.25) is 0 Å². The summed E-state index contributed by atoms with van der Waals surface area (Å²) in [5.74, 6) is 1.39. The van der Waals surface area contributed by atoms with Gasteiger partial charge in [-0.3, -0.25) is 0 Å². The number of hydrogen-bond acceptors (Lipinski definition) is 8. The van der Waals surface area contributed by atoms with E-state index in [1.807, 2.05) is 20.8 Å². The van der Waals surface area contributed by atoms with Crippen molar-refractivity contribution in [2.75, 3.05) is 23.7 Å². The SMILES string of the molecule is CC(C)(C)OC(=O)NC1CCC(Oc2ccc3c(c2N2CCC(C#N)C2)CC(C)(C)c2c(N)ncnc2-3)CC1. The Morgan fingerprint density at radius 1 is 1.18 bits per heavy atom. The lowest BCUT2D eigenvalue weighted by Gasteiger charge is -2.38. The predicted molar refractivity (Wildman–Crippen MR) is 151 cm³/mol. The van der Waals surface area contributed by atoms with E-state index in [0.717, 1.165) is 73.3 Å². The van der Waals surface area contributed by atoms with E-state index in [1.54, 1.807) is 0 Å². The Bertz CT molecular complexity index is 1290. The standard InChI is InChI=1S/C30H40N6O3/c1-29(2,3)39-28(37)35-19-6-8-20(9-7-19)38-23-11-10-21-22(26(23)36-13-12-18(15-31)16-36)14-30(4,5)24-25(21)33-17-34-27(24)32/h10-11,17-20H,6-9,12-14,16H2,1-5H3,(H,35,37)(H2,32,33,34). The third-order valence-corrected chi connectivity index (χ3v) is 8.05. The zero-order valence-corrected chi connectivity index (χ0v) is 23.7. The number of fused-ring (bicyclic) bond motifs is 3. The third-order valence-electron chi connectivity index (χ3n) is 8.05. The highest BCUT2D eigenvalue weighted by atomic mass is 16.6. The zero-order chi connectivity index (χ0) is 27.9. The molecule has 1 atom stereocenters. The first-order chi connectivity index (χ1) is 18.4. The van der Waals surface area contributed by atoms with Crippen molar-refractivity contribution in [3.05, 3.63) is 29.6 Å². The number of carbonyl (C=O) groups excluding carboxylic acids is 1. The van der Waals surface area contributed by atoms with Gasteiger partial charge in [0.25, 0.3) is 0 Å². The Kier molecular flexibility index (Phi) is 7.08. The quantitative estimate of drug-likeness (QED) is 0.555. The molecule has 2 aliphatic carbocycles. The summed E-state index contributed by atoms with van der Waals surface area (Å²) in [5.41, 5.74) is 10.8. The van der Waals surface area contributed by atoms with Crippen molar-refractivity contribution < 1.29 is 14.3 Å². The number of hydrogen-bond donors (Lipinski definition) is 2. The molecule has 3 N–H and O–H groups in total. The van der Waals surface area contributed by atoms with Crippen LogP contribution in [0, 0.1) is 17.2 Å². The van der Waals surface area contributed by atoms with Gasteiger partial charge >= 0.3 is 6.09 Å². The molecule has 9 nitrogen and oxygen atoms in total. The molecular formula is C30H40N6O3. The van der Waals surface area contributed by atoms with Crippen LogP contribution in [0.2, 0.25) is 0 Å². The largest absolute Gasteiger partial charge is 0.488 e. The topological polar surface area (TPSA) is 126 Å². The van der Waals surface area contributed by atoms with Gasteiger partial charge in [0.1, 0.15) is 23.5 Å². The second-order valence-electron chi connectivity index (χ2n) is 12.8. The van der Waals surface area contributed by atoms with Crippen LogP contribution in [0.25, 0.3) is 11.3 Å². The summed E-state index contributed by atoms with van der Waals surface area (Å²) in [6, 6.07) is 6.69. The van der Waals surface area contributed by atoms with Crippen LogP contribution in [0.5, 0.6) is 5.75 Å². The van der Waals surface area contributed by atoms with Crippen molar-refractivity contribution in [2.45, 2.75) is 96.3 Å². The number of ether oxygens (including phenoxy) is 2. The van der Waals surface area contributed by atoms with Gasteiger partial charge in [-0.2, -0.15) is 5.26 Å². The highest BCUT2D eigenvalue weighted by Crippen LogP contribution is 2.50. The van der Waals surface area contributed by atoms with Crippen LogP contribution in [0.15, 0.2) is 18.5 Å². The lowest BCUT2D eigenvalue weighted by molar-refractivity contribution is 0.0471. The number of aromatic nitrogens is 2. The number of rotatable bonds is 4. The molecule has 0 radical (unpaired) electrons. The van der Waals surface area contributed by atoms with Crippen LogP contribution < -0.4 is 20.7 Å². The van der Waals surface area contributed by atoms with E-state index in [0.29, 0.717) is 12.4 Å². The van der Waals surface area contributed by atoms with Crippen molar-refractivity contribution in [1.82, 2.24) is 15.3 Å². The van der Waals surface area contributed by atoms with Crippen molar-refractivity contribution >= 4 is 17.6 Å². The number of nitrogens with two attached hydrogens (primary N) is 1. The molecule has 3 aliphatic rings. The minimum Gasteiger partial charge on any atom is -0.488 e. The molecule has 2 aromatic rings. The molecule has 2 heterocycles. The number of carbonyl (C=O) groups is 1. The number of nitrogen functional groups attached to an aromatic ring is 1. The Morgan fingerprint density at radius 2 is 1.92 bits per heavy atom. The minimum atomic E-state index is -0.514. The molecule has 1 unspecified atom stereocenters. The van der Waals surface area contributed by atoms with E-state index < -0.39 is 5.60 Å². The van der Waals surface area contributed by atoms with Crippen LogP contribution >= 0.6 is 0 Å². The van der Waals surface area contributed by atoms with Gasteiger partial charge in [-0.15, -0.1) is 0 Å². The van der Waals surface area contributed by atoms with Crippen molar-refractivity contribution in [1.29, 1.82) is 5.26 Å². The number of anilines is 2. The average Bonchev–Trinajstić information content (AvgIpc) is 3.32. The van der Waals surface area contributed by atoms with Crippen molar-refractivity contribution in [3.8, 4) is 23.1 Å². The Hall–Kier alpha value is -3.54. The molecule has 5 rings (SSSR count). The molecular weight excluding hydrogens is 492 g/mol. The third kappa shape index (κ3) is 5.61. The van der Waals surface area contributed by atoms with E-state index in [-0.39, 0.29) is 29.6 Å². The van der Waals surface area contributed by atoms with Gasteiger partial charge in [-0.1, -0.05) is 13.8 Å². The minimum absolute atomic E-state index is 0.00456. The molecule has 9 heteroatoms. The average molecular weight is 533 g/mol. The molecule has 1 aromatic heterocycles. The first kappa shape index (κ1) is 27.0. The number of nitriles is 1. The van der Waals surface area contributed by atoms with Gasteiger partial charge in [-0.05, 0) is 82.4 Å². The van der Waals surface area contributed by atoms with Crippen LogP contribution in [-0.2, 0) is 16.6 Å². The van der Waals surface area contributed by atoms with Crippen LogP contribution in [0.3, 0.4) is 0 Å². The maximum absolute atomic E-state index is 12.2. The maximum atomic E-state index is 12.2. The van der Waals surface area contributed by atoms with Gasteiger partial charge in [0.15, 0.2) is 0 Å². The molecule has 1 aliphatic heterocycles. The molecule has 0 spiro atoms. The van der Waals surface area contributed by atoms with Gasteiger partial charge in [0.05, 0.1) is 29.5 Å². The summed E-state index contributed by atoms with van der Waals surface area (Å²) in [4.78, 5) is 23.5. The van der Waals surface area contributed by atoms with Gasteiger partial charge in [-0.25, -0.2) is 14.8 Å². The fourth-order valence-corrected chi connectivity index (χ4v) is 6.31. The smallest absolute Gasteiger partial charge is 0.407 e. The number of alkyl carbamates (subject to hydrolysis) is 1.